The molecule has 1 aromatic heterocycles. The van der Waals surface area contributed by atoms with Crippen LogP contribution in [0.4, 0.5) is 0 Å². The summed E-state index contributed by atoms with van der Waals surface area (Å²) in [4.78, 5) is 0. The first-order valence-corrected chi connectivity index (χ1v) is 7.11. The van der Waals surface area contributed by atoms with Crippen LogP contribution in [0.15, 0.2) is 36.5 Å². The molecule has 0 radical (unpaired) electrons. The van der Waals surface area contributed by atoms with E-state index in [4.69, 9.17) is 0 Å². The van der Waals surface area contributed by atoms with Crippen molar-refractivity contribution in [3.63, 3.8) is 0 Å². The molecule has 0 fully saturated rings. The number of nitrogens with zero attached hydrogens (tertiary/aromatic N) is 1. The lowest BCUT2D eigenvalue weighted by Crippen LogP contribution is -2.25. The van der Waals surface area contributed by atoms with Crippen LogP contribution in [-0.4, -0.2) is 16.2 Å². The van der Waals surface area contributed by atoms with E-state index < -0.39 is 0 Å². The highest BCUT2D eigenvalue weighted by Gasteiger charge is 2.02. The van der Waals surface area contributed by atoms with E-state index >= 15 is 0 Å². The van der Waals surface area contributed by atoms with Crippen molar-refractivity contribution in [3.8, 4) is 11.3 Å². The van der Waals surface area contributed by atoms with E-state index in [1.54, 1.807) is 6.20 Å². The van der Waals surface area contributed by atoms with Gasteiger partial charge >= 0.3 is 0 Å². The summed E-state index contributed by atoms with van der Waals surface area (Å²) in [5.41, 5.74) is 3.57. The van der Waals surface area contributed by atoms with Crippen molar-refractivity contribution in [3.05, 3.63) is 42.1 Å². The Morgan fingerprint density at radius 3 is 2.63 bits per heavy atom. The maximum atomic E-state index is 3.97. The van der Waals surface area contributed by atoms with Gasteiger partial charge in [0.1, 0.15) is 0 Å². The topological polar surface area (TPSA) is 40.7 Å². The van der Waals surface area contributed by atoms with Gasteiger partial charge in [0.15, 0.2) is 0 Å². The van der Waals surface area contributed by atoms with Crippen molar-refractivity contribution in [2.75, 3.05) is 0 Å². The van der Waals surface area contributed by atoms with Crippen LogP contribution in [-0.2, 0) is 6.54 Å². The van der Waals surface area contributed by atoms with Crippen molar-refractivity contribution in [2.45, 2.75) is 45.7 Å². The van der Waals surface area contributed by atoms with Crippen LogP contribution in [0.25, 0.3) is 11.3 Å². The molecule has 102 valence electrons. The summed E-state index contributed by atoms with van der Waals surface area (Å²) in [5.74, 6) is 0. The van der Waals surface area contributed by atoms with Gasteiger partial charge in [-0.2, -0.15) is 5.10 Å². The van der Waals surface area contributed by atoms with Crippen LogP contribution in [0.5, 0.6) is 0 Å². The molecule has 0 aliphatic carbocycles. The summed E-state index contributed by atoms with van der Waals surface area (Å²) in [6.07, 6.45) is 5.60. The molecule has 0 aliphatic rings. The first-order valence-electron chi connectivity index (χ1n) is 7.11. The van der Waals surface area contributed by atoms with Gasteiger partial charge in [-0.1, -0.05) is 44.0 Å². The minimum Gasteiger partial charge on any atom is -0.310 e. The van der Waals surface area contributed by atoms with Gasteiger partial charge in [0, 0.05) is 18.8 Å². The normalized spacial score (nSPS) is 12.5. The van der Waals surface area contributed by atoms with E-state index in [1.807, 2.05) is 6.07 Å². The van der Waals surface area contributed by atoms with Crippen molar-refractivity contribution >= 4 is 0 Å². The number of rotatable bonds is 7. The molecule has 1 heterocycles. The third-order valence-corrected chi connectivity index (χ3v) is 3.41. The third kappa shape index (κ3) is 4.21. The van der Waals surface area contributed by atoms with Crippen LogP contribution in [0.2, 0.25) is 0 Å². The second kappa shape index (κ2) is 7.10. The van der Waals surface area contributed by atoms with E-state index in [0.29, 0.717) is 6.04 Å². The molecule has 1 atom stereocenters. The maximum Gasteiger partial charge on any atom is 0.0650 e. The molecule has 0 amide bonds. The Balaban J connectivity index is 1.85. The zero-order valence-electron chi connectivity index (χ0n) is 11.8. The summed E-state index contributed by atoms with van der Waals surface area (Å²) in [6.45, 7) is 5.43. The van der Waals surface area contributed by atoms with Crippen LogP contribution in [0, 0.1) is 0 Å². The Bertz CT molecular complexity index is 459. The predicted molar refractivity (Wildman–Crippen MR) is 79.9 cm³/mol. The minimum atomic E-state index is 0.590. The highest BCUT2D eigenvalue weighted by Crippen LogP contribution is 2.16. The summed E-state index contributed by atoms with van der Waals surface area (Å²) in [7, 11) is 0. The first-order chi connectivity index (χ1) is 9.29. The number of hydrogen-bond donors (Lipinski definition) is 2. The van der Waals surface area contributed by atoms with Crippen LogP contribution in [0.3, 0.4) is 0 Å². The van der Waals surface area contributed by atoms with Gasteiger partial charge in [0.2, 0.25) is 0 Å². The summed E-state index contributed by atoms with van der Waals surface area (Å²) in [5, 5.41) is 10.5. The Labute approximate surface area is 115 Å². The molecule has 3 heteroatoms. The van der Waals surface area contributed by atoms with Gasteiger partial charge < -0.3 is 5.32 Å². The zero-order valence-corrected chi connectivity index (χ0v) is 11.8. The number of nitrogens with one attached hydrogen (secondary N) is 2. The molecule has 2 aromatic rings. The van der Waals surface area contributed by atoms with E-state index in [-0.39, 0.29) is 0 Å². The summed E-state index contributed by atoms with van der Waals surface area (Å²) >= 11 is 0. The average molecular weight is 257 g/mol. The fourth-order valence-corrected chi connectivity index (χ4v) is 2.12. The standard InChI is InChI=1S/C16H23N3/c1-3-4-5-13(2)17-12-14-6-8-15(9-7-14)16-10-11-18-19-16/h6-11,13,17H,3-5,12H2,1-2H3,(H,18,19). The SMILES string of the molecule is CCCCC(C)NCc1ccc(-c2ccn[nH]2)cc1. The molecule has 0 bridgehead atoms. The Hall–Kier alpha value is -1.61. The Kier molecular flexibility index (Phi) is 5.16. The lowest BCUT2D eigenvalue weighted by atomic mass is 10.1. The molecule has 2 rings (SSSR count). The monoisotopic (exact) mass is 257 g/mol. The van der Waals surface area contributed by atoms with Crippen LogP contribution >= 0.6 is 0 Å². The first kappa shape index (κ1) is 13.8. The van der Waals surface area contributed by atoms with Gasteiger partial charge in [-0.15, -0.1) is 0 Å². The fourth-order valence-electron chi connectivity index (χ4n) is 2.12. The molecule has 0 spiro atoms. The average Bonchev–Trinajstić information content (AvgIpc) is 2.97. The predicted octanol–water partition coefficient (Wildman–Crippen LogP) is 3.75. The lowest BCUT2D eigenvalue weighted by Gasteiger charge is -2.13. The number of unbranched alkanes of at least 4 members (excludes halogenated alkanes) is 1. The van der Waals surface area contributed by atoms with Crippen molar-refractivity contribution in [1.29, 1.82) is 0 Å². The highest BCUT2D eigenvalue weighted by molar-refractivity contribution is 5.58. The number of H-pyrrole nitrogens is 1. The van der Waals surface area contributed by atoms with Crippen molar-refractivity contribution < 1.29 is 0 Å². The third-order valence-electron chi connectivity index (χ3n) is 3.41. The molecule has 3 nitrogen and oxygen atoms in total. The Morgan fingerprint density at radius 2 is 2.00 bits per heavy atom. The molecule has 19 heavy (non-hydrogen) atoms. The molecule has 2 N–H and O–H groups in total. The van der Waals surface area contributed by atoms with Gasteiger partial charge in [0.25, 0.3) is 0 Å². The largest absolute Gasteiger partial charge is 0.310 e. The van der Waals surface area contributed by atoms with Crippen LogP contribution in [0.1, 0.15) is 38.7 Å². The lowest BCUT2D eigenvalue weighted by molar-refractivity contribution is 0.495. The molecule has 0 saturated heterocycles. The van der Waals surface area contributed by atoms with Crippen LogP contribution < -0.4 is 5.32 Å². The molecule has 0 saturated carbocycles. The van der Waals surface area contributed by atoms with Gasteiger partial charge in [0.05, 0.1) is 5.69 Å². The summed E-state index contributed by atoms with van der Waals surface area (Å²) in [6, 6.07) is 11.2. The Morgan fingerprint density at radius 1 is 1.21 bits per heavy atom. The molecule has 0 aliphatic heterocycles. The second-order valence-corrected chi connectivity index (χ2v) is 5.09. The highest BCUT2D eigenvalue weighted by atomic mass is 15.1. The quantitative estimate of drug-likeness (QED) is 0.793. The fraction of sp³-hybridized carbons (Fsp3) is 0.438. The number of aromatic nitrogens is 2. The van der Waals surface area contributed by atoms with E-state index in [9.17, 15) is 0 Å². The maximum absolute atomic E-state index is 3.97. The molecular weight excluding hydrogens is 234 g/mol. The molecule has 1 aromatic carbocycles. The van der Waals surface area contributed by atoms with E-state index in [1.165, 1.54) is 30.4 Å². The number of aromatic amines is 1. The molecular formula is C16H23N3. The van der Waals surface area contributed by atoms with E-state index in [0.717, 1.165) is 12.2 Å². The van der Waals surface area contributed by atoms with Crippen molar-refractivity contribution in [2.24, 2.45) is 0 Å². The van der Waals surface area contributed by atoms with Gasteiger partial charge in [-0.3, -0.25) is 5.10 Å². The number of hydrogen-bond acceptors (Lipinski definition) is 2. The zero-order chi connectivity index (χ0) is 13.5. The second-order valence-electron chi connectivity index (χ2n) is 5.09. The van der Waals surface area contributed by atoms with E-state index in [2.05, 4.69) is 53.6 Å². The minimum absolute atomic E-state index is 0.590. The smallest absolute Gasteiger partial charge is 0.0650 e. The van der Waals surface area contributed by atoms with Gasteiger partial charge in [-0.25, -0.2) is 0 Å². The van der Waals surface area contributed by atoms with Gasteiger partial charge in [-0.05, 0) is 30.5 Å². The number of benzene rings is 1. The summed E-state index contributed by atoms with van der Waals surface area (Å²) < 4.78 is 0. The van der Waals surface area contributed by atoms with Crippen molar-refractivity contribution in [1.82, 2.24) is 15.5 Å². The molecule has 1 unspecified atom stereocenters.